The van der Waals surface area contributed by atoms with Gasteiger partial charge < -0.3 is 10.1 Å². The molecule has 0 amide bonds. The number of para-hydroxylation sites is 1. The third-order valence-corrected chi connectivity index (χ3v) is 6.63. The van der Waals surface area contributed by atoms with E-state index in [0.29, 0.717) is 30.8 Å². The van der Waals surface area contributed by atoms with Crippen LogP contribution in [0.25, 0.3) is 0 Å². The molecular weight excluding hydrogens is 419 g/mol. The molecule has 156 valence electrons. The maximum absolute atomic E-state index is 14.1. The van der Waals surface area contributed by atoms with E-state index in [1.807, 2.05) is 0 Å². The second-order valence-corrected chi connectivity index (χ2v) is 8.68. The number of fused-ring (bicyclic) bond motifs is 1. The molecule has 5 nitrogen and oxygen atoms in total. The van der Waals surface area contributed by atoms with Gasteiger partial charge in [-0.25, -0.2) is 35.1 Å². The van der Waals surface area contributed by atoms with Gasteiger partial charge in [-0.1, -0.05) is 18.2 Å². The van der Waals surface area contributed by atoms with Gasteiger partial charge in [-0.3, -0.25) is 0 Å². The number of benzene rings is 2. The van der Waals surface area contributed by atoms with Crippen molar-refractivity contribution in [3.05, 3.63) is 58.9 Å². The fraction of sp³-hybridized carbons (Fsp3) is 0.333. The highest BCUT2D eigenvalue weighted by Gasteiger charge is 2.45. The quantitative estimate of drug-likeness (QED) is 0.443. The third kappa shape index (κ3) is 3.26. The predicted octanol–water partition coefficient (Wildman–Crippen LogP) is 2.92. The molecule has 2 N–H and O–H groups in total. The SMILES string of the molecule is O=S(=O)(NC1CC2(CCNC2)Oc2ccccc21)c1c(F)c(F)c(F)c(F)c1F. The molecule has 4 rings (SSSR count). The molecule has 1 saturated heterocycles. The first-order chi connectivity index (χ1) is 13.7. The van der Waals surface area contributed by atoms with Crippen LogP contribution >= 0.6 is 0 Å². The van der Waals surface area contributed by atoms with Crippen molar-refractivity contribution >= 4 is 10.0 Å². The van der Waals surface area contributed by atoms with Crippen LogP contribution in [0.5, 0.6) is 5.75 Å². The van der Waals surface area contributed by atoms with Crippen molar-refractivity contribution in [2.24, 2.45) is 0 Å². The van der Waals surface area contributed by atoms with Crippen LogP contribution in [0.15, 0.2) is 29.2 Å². The first-order valence-electron chi connectivity index (χ1n) is 8.68. The van der Waals surface area contributed by atoms with E-state index < -0.39 is 55.6 Å². The van der Waals surface area contributed by atoms with E-state index in [4.69, 9.17) is 4.74 Å². The van der Waals surface area contributed by atoms with E-state index in [-0.39, 0.29) is 6.42 Å². The van der Waals surface area contributed by atoms with Gasteiger partial charge in [-0.2, -0.15) is 0 Å². The first-order valence-corrected chi connectivity index (χ1v) is 10.2. The lowest BCUT2D eigenvalue weighted by molar-refractivity contribution is 0.0528. The van der Waals surface area contributed by atoms with Gasteiger partial charge in [-0.15, -0.1) is 0 Å². The van der Waals surface area contributed by atoms with E-state index in [0.717, 1.165) is 0 Å². The molecule has 2 aromatic rings. The van der Waals surface area contributed by atoms with Crippen molar-refractivity contribution in [1.82, 2.24) is 10.0 Å². The van der Waals surface area contributed by atoms with E-state index in [9.17, 15) is 30.4 Å². The Hall–Kier alpha value is -2.24. The van der Waals surface area contributed by atoms with Crippen molar-refractivity contribution in [2.75, 3.05) is 13.1 Å². The lowest BCUT2D eigenvalue weighted by Gasteiger charge is -2.39. The summed E-state index contributed by atoms with van der Waals surface area (Å²) in [4.78, 5) is -1.91. The van der Waals surface area contributed by atoms with Crippen LogP contribution in [0.1, 0.15) is 24.4 Å². The number of ether oxygens (including phenoxy) is 1. The molecular formula is C18H15F5N2O3S. The van der Waals surface area contributed by atoms with Gasteiger partial charge >= 0.3 is 0 Å². The molecule has 1 spiro atoms. The van der Waals surface area contributed by atoms with Crippen LogP contribution in [-0.2, 0) is 10.0 Å². The van der Waals surface area contributed by atoms with Gasteiger partial charge in [0.2, 0.25) is 15.8 Å². The van der Waals surface area contributed by atoms with Crippen LogP contribution in [0, 0.1) is 29.1 Å². The first kappa shape index (κ1) is 20.0. The minimum absolute atomic E-state index is 0.117. The van der Waals surface area contributed by atoms with Gasteiger partial charge in [0.05, 0.1) is 6.04 Å². The lowest BCUT2D eigenvalue weighted by Crippen LogP contribution is -2.46. The van der Waals surface area contributed by atoms with Crippen molar-refractivity contribution in [2.45, 2.75) is 29.4 Å². The van der Waals surface area contributed by atoms with Crippen molar-refractivity contribution < 1.29 is 35.1 Å². The van der Waals surface area contributed by atoms with Gasteiger partial charge in [0.25, 0.3) is 0 Å². The van der Waals surface area contributed by atoms with Crippen LogP contribution < -0.4 is 14.8 Å². The summed E-state index contributed by atoms with van der Waals surface area (Å²) in [6, 6.07) is 5.49. The molecule has 2 heterocycles. The third-order valence-electron chi connectivity index (χ3n) is 5.14. The van der Waals surface area contributed by atoms with Crippen LogP contribution in [0.3, 0.4) is 0 Å². The maximum Gasteiger partial charge on any atom is 0.247 e. The van der Waals surface area contributed by atoms with E-state index in [2.05, 4.69) is 10.0 Å². The highest BCUT2D eigenvalue weighted by Crippen LogP contribution is 2.43. The molecule has 2 unspecified atom stereocenters. The van der Waals surface area contributed by atoms with Gasteiger partial charge in [0.15, 0.2) is 28.2 Å². The van der Waals surface area contributed by atoms with Crippen molar-refractivity contribution in [1.29, 1.82) is 0 Å². The lowest BCUT2D eigenvalue weighted by atomic mass is 9.87. The summed E-state index contributed by atoms with van der Waals surface area (Å²) >= 11 is 0. The zero-order valence-corrected chi connectivity index (χ0v) is 15.6. The Morgan fingerprint density at radius 1 is 1.00 bits per heavy atom. The molecule has 11 heteroatoms. The number of hydrogen-bond donors (Lipinski definition) is 2. The summed E-state index contributed by atoms with van der Waals surface area (Å²) in [7, 11) is -5.09. The number of nitrogens with one attached hydrogen (secondary N) is 2. The number of rotatable bonds is 3. The molecule has 0 bridgehead atoms. The topological polar surface area (TPSA) is 67.4 Å². The Kier molecular flexibility index (Phi) is 4.79. The largest absolute Gasteiger partial charge is 0.485 e. The summed E-state index contributed by atoms with van der Waals surface area (Å²) in [6.07, 6.45) is 0.674. The van der Waals surface area contributed by atoms with Crippen LogP contribution in [-0.4, -0.2) is 27.1 Å². The highest BCUT2D eigenvalue weighted by atomic mass is 32.2. The molecule has 0 radical (unpaired) electrons. The minimum Gasteiger partial charge on any atom is -0.485 e. The molecule has 2 aromatic carbocycles. The Bertz CT molecular complexity index is 1060. The summed E-state index contributed by atoms with van der Waals surface area (Å²) in [5, 5.41) is 3.10. The zero-order valence-electron chi connectivity index (χ0n) is 14.7. The van der Waals surface area contributed by atoms with Crippen molar-refractivity contribution in [3.63, 3.8) is 0 Å². The second-order valence-electron chi connectivity index (χ2n) is 7.03. The number of sulfonamides is 1. The molecule has 2 atom stereocenters. The Labute approximate surface area is 162 Å². The number of hydrogen-bond acceptors (Lipinski definition) is 4. The van der Waals surface area contributed by atoms with Crippen LogP contribution in [0.4, 0.5) is 22.0 Å². The average Bonchev–Trinajstić information content (AvgIpc) is 3.11. The monoisotopic (exact) mass is 434 g/mol. The Morgan fingerprint density at radius 3 is 2.24 bits per heavy atom. The molecule has 0 aromatic heterocycles. The summed E-state index contributed by atoms with van der Waals surface area (Å²) in [5.74, 6) is -11.5. The average molecular weight is 434 g/mol. The van der Waals surface area contributed by atoms with E-state index >= 15 is 0 Å². The van der Waals surface area contributed by atoms with Crippen molar-refractivity contribution in [3.8, 4) is 5.75 Å². The molecule has 0 aliphatic carbocycles. The zero-order chi connectivity index (χ0) is 21.0. The Balaban J connectivity index is 1.77. The molecule has 0 saturated carbocycles. The smallest absolute Gasteiger partial charge is 0.247 e. The van der Waals surface area contributed by atoms with E-state index in [1.165, 1.54) is 0 Å². The molecule has 2 aliphatic heterocycles. The van der Waals surface area contributed by atoms with Gasteiger partial charge in [0.1, 0.15) is 11.4 Å². The highest BCUT2D eigenvalue weighted by molar-refractivity contribution is 7.89. The fourth-order valence-electron chi connectivity index (χ4n) is 3.77. The Morgan fingerprint density at radius 2 is 1.62 bits per heavy atom. The fourth-order valence-corrected chi connectivity index (χ4v) is 5.13. The summed E-state index contributed by atoms with van der Waals surface area (Å²) < 4.78 is 102. The number of halogens is 5. The summed E-state index contributed by atoms with van der Waals surface area (Å²) in [5.41, 5.74) is -0.352. The van der Waals surface area contributed by atoms with Gasteiger partial charge in [-0.05, 0) is 12.6 Å². The predicted molar refractivity (Wildman–Crippen MR) is 91.2 cm³/mol. The normalized spacial score (nSPS) is 23.8. The minimum atomic E-state index is -5.09. The maximum atomic E-state index is 14.1. The van der Waals surface area contributed by atoms with Crippen LogP contribution in [0.2, 0.25) is 0 Å². The van der Waals surface area contributed by atoms with Gasteiger partial charge in [0, 0.05) is 24.9 Å². The molecule has 2 aliphatic rings. The van der Waals surface area contributed by atoms with E-state index in [1.54, 1.807) is 24.3 Å². The molecule has 1 fully saturated rings. The summed E-state index contributed by atoms with van der Waals surface area (Å²) in [6.45, 7) is 1.04. The second kappa shape index (κ2) is 6.92. The molecule has 29 heavy (non-hydrogen) atoms. The standard InChI is InChI=1S/C18H15F5N2O3S/c19-12-13(20)15(22)17(16(23)14(12)21)29(26,27)25-10-7-18(5-6-24-8-18)28-11-4-2-1-3-9(10)11/h1-4,10,24-25H,5-8H2.